The van der Waals surface area contributed by atoms with Crippen LogP contribution in [0.25, 0.3) is 0 Å². The standard InChI is InChI=1S/C15H23NO3/c1-3-4-5-14(15(18)19)16-11(2)10-12-6-8-13(17)9-7-12/h6-9,11,14,16-17H,3-5,10H2,1-2H3,(H,18,19)/t11?,14-/m0/s1. The van der Waals surface area contributed by atoms with Gasteiger partial charge in [0, 0.05) is 6.04 Å². The van der Waals surface area contributed by atoms with Crippen LogP contribution >= 0.6 is 0 Å². The summed E-state index contributed by atoms with van der Waals surface area (Å²) in [6.07, 6.45) is 3.32. The summed E-state index contributed by atoms with van der Waals surface area (Å²) in [6.45, 7) is 4.04. The number of nitrogens with one attached hydrogen (secondary N) is 1. The molecule has 0 aliphatic heterocycles. The lowest BCUT2D eigenvalue weighted by molar-refractivity contribution is -0.139. The molecule has 106 valence electrons. The molecule has 2 atom stereocenters. The zero-order chi connectivity index (χ0) is 14.3. The smallest absolute Gasteiger partial charge is 0.320 e. The Kier molecular flexibility index (Phi) is 6.36. The molecule has 0 aromatic heterocycles. The number of carboxylic acids is 1. The van der Waals surface area contributed by atoms with Crippen LogP contribution in [0.2, 0.25) is 0 Å². The fourth-order valence-electron chi connectivity index (χ4n) is 2.07. The minimum atomic E-state index is -0.786. The molecule has 0 saturated carbocycles. The number of phenolic OH excluding ortho intramolecular Hbond substituents is 1. The average Bonchev–Trinajstić information content (AvgIpc) is 2.37. The fourth-order valence-corrected chi connectivity index (χ4v) is 2.07. The normalized spacial score (nSPS) is 14.0. The van der Waals surface area contributed by atoms with Gasteiger partial charge >= 0.3 is 5.97 Å². The second-order valence-corrected chi connectivity index (χ2v) is 4.97. The maximum Gasteiger partial charge on any atom is 0.320 e. The molecule has 0 saturated heterocycles. The molecule has 4 nitrogen and oxygen atoms in total. The van der Waals surface area contributed by atoms with E-state index in [0.717, 1.165) is 24.8 Å². The summed E-state index contributed by atoms with van der Waals surface area (Å²) in [5.41, 5.74) is 1.08. The van der Waals surface area contributed by atoms with Crippen molar-refractivity contribution in [3.05, 3.63) is 29.8 Å². The van der Waals surface area contributed by atoms with E-state index in [4.69, 9.17) is 5.11 Å². The third-order valence-corrected chi connectivity index (χ3v) is 3.11. The molecule has 0 aliphatic carbocycles. The van der Waals surface area contributed by atoms with Crippen LogP contribution in [-0.4, -0.2) is 28.3 Å². The van der Waals surface area contributed by atoms with Crippen LogP contribution in [0.1, 0.15) is 38.7 Å². The van der Waals surface area contributed by atoms with Gasteiger partial charge in [-0.3, -0.25) is 4.79 Å². The Balaban J connectivity index is 2.49. The van der Waals surface area contributed by atoms with Crippen LogP contribution in [0.4, 0.5) is 0 Å². The van der Waals surface area contributed by atoms with Gasteiger partial charge in [-0.25, -0.2) is 0 Å². The van der Waals surface area contributed by atoms with Gasteiger partial charge in [0.25, 0.3) is 0 Å². The molecule has 0 radical (unpaired) electrons. The second-order valence-electron chi connectivity index (χ2n) is 4.97. The number of phenols is 1. The zero-order valence-electron chi connectivity index (χ0n) is 11.6. The first kappa shape index (κ1) is 15.5. The molecule has 0 bridgehead atoms. The number of hydrogen-bond donors (Lipinski definition) is 3. The first-order valence-electron chi connectivity index (χ1n) is 6.79. The van der Waals surface area contributed by atoms with Crippen molar-refractivity contribution in [1.82, 2.24) is 5.32 Å². The highest BCUT2D eigenvalue weighted by Gasteiger charge is 2.18. The van der Waals surface area contributed by atoms with Crippen molar-refractivity contribution < 1.29 is 15.0 Å². The Morgan fingerprint density at radius 2 is 1.95 bits per heavy atom. The number of aromatic hydroxyl groups is 1. The number of rotatable bonds is 8. The lowest BCUT2D eigenvalue weighted by Crippen LogP contribution is -2.42. The van der Waals surface area contributed by atoms with Crippen molar-refractivity contribution in [1.29, 1.82) is 0 Å². The summed E-state index contributed by atoms with van der Waals surface area (Å²) in [7, 11) is 0. The SMILES string of the molecule is CCCC[C@H](NC(C)Cc1ccc(O)cc1)C(=O)O. The summed E-state index contributed by atoms with van der Waals surface area (Å²) in [6, 6.07) is 6.61. The molecule has 1 aromatic carbocycles. The van der Waals surface area contributed by atoms with Gasteiger partial charge in [-0.2, -0.15) is 0 Å². The average molecular weight is 265 g/mol. The molecule has 0 heterocycles. The van der Waals surface area contributed by atoms with E-state index >= 15 is 0 Å². The number of aliphatic carboxylic acids is 1. The van der Waals surface area contributed by atoms with Crippen molar-refractivity contribution in [3.8, 4) is 5.75 Å². The van der Waals surface area contributed by atoms with E-state index in [1.165, 1.54) is 0 Å². The zero-order valence-corrected chi connectivity index (χ0v) is 11.6. The van der Waals surface area contributed by atoms with Gasteiger partial charge in [0.15, 0.2) is 0 Å². The number of unbranched alkanes of at least 4 members (excludes halogenated alkanes) is 1. The van der Waals surface area contributed by atoms with Crippen molar-refractivity contribution in [2.45, 2.75) is 51.6 Å². The van der Waals surface area contributed by atoms with Gasteiger partial charge in [-0.05, 0) is 37.5 Å². The Morgan fingerprint density at radius 1 is 1.32 bits per heavy atom. The highest BCUT2D eigenvalue weighted by atomic mass is 16.4. The lowest BCUT2D eigenvalue weighted by atomic mass is 10.0. The van der Waals surface area contributed by atoms with Gasteiger partial charge in [0.1, 0.15) is 11.8 Å². The van der Waals surface area contributed by atoms with Gasteiger partial charge < -0.3 is 15.5 Å². The van der Waals surface area contributed by atoms with E-state index in [9.17, 15) is 9.90 Å². The molecular weight excluding hydrogens is 242 g/mol. The van der Waals surface area contributed by atoms with E-state index in [1.54, 1.807) is 12.1 Å². The molecule has 0 amide bonds. The predicted octanol–water partition coefficient (Wildman–Crippen LogP) is 2.56. The molecular formula is C15H23NO3. The van der Waals surface area contributed by atoms with Crippen LogP contribution in [-0.2, 0) is 11.2 Å². The van der Waals surface area contributed by atoms with E-state index in [-0.39, 0.29) is 11.8 Å². The van der Waals surface area contributed by atoms with Gasteiger partial charge in [0.05, 0.1) is 0 Å². The lowest BCUT2D eigenvalue weighted by Gasteiger charge is -2.20. The highest BCUT2D eigenvalue weighted by molar-refractivity contribution is 5.73. The van der Waals surface area contributed by atoms with E-state index in [1.807, 2.05) is 19.1 Å². The molecule has 0 fully saturated rings. The monoisotopic (exact) mass is 265 g/mol. The van der Waals surface area contributed by atoms with E-state index in [0.29, 0.717) is 6.42 Å². The third-order valence-electron chi connectivity index (χ3n) is 3.11. The minimum Gasteiger partial charge on any atom is -0.508 e. The van der Waals surface area contributed by atoms with Gasteiger partial charge in [0.2, 0.25) is 0 Å². The summed E-state index contributed by atoms with van der Waals surface area (Å²) >= 11 is 0. The van der Waals surface area contributed by atoms with Crippen molar-refractivity contribution in [2.24, 2.45) is 0 Å². The van der Waals surface area contributed by atoms with E-state index < -0.39 is 12.0 Å². The Labute approximate surface area is 114 Å². The quantitative estimate of drug-likeness (QED) is 0.675. The first-order valence-corrected chi connectivity index (χ1v) is 6.79. The number of benzene rings is 1. The topological polar surface area (TPSA) is 69.6 Å². The van der Waals surface area contributed by atoms with Crippen molar-refractivity contribution >= 4 is 5.97 Å². The number of hydrogen-bond acceptors (Lipinski definition) is 3. The van der Waals surface area contributed by atoms with Gasteiger partial charge in [-0.1, -0.05) is 31.9 Å². The third kappa shape index (κ3) is 5.75. The molecule has 4 heteroatoms. The Morgan fingerprint density at radius 3 is 2.47 bits per heavy atom. The molecule has 19 heavy (non-hydrogen) atoms. The molecule has 1 aromatic rings. The molecule has 1 unspecified atom stereocenters. The van der Waals surface area contributed by atoms with Crippen LogP contribution in [0, 0.1) is 0 Å². The Hall–Kier alpha value is -1.55. The summed E-state index contributed by atoms with van der Waals surface area (Å²) in [5.74, 6) is -0.540. The maximum atomic E-state index is 11.1. The number of carbonyl (C=O) groups is 1. The molecule has 0 aliphatic rings. The van der Waals surface area contributed by atoms with Crippen LogP contribution < -0.4 is 5.32 Å². The van der Waals surface area contributed by atoms with E-state index in [2.05, 4.69) is 12.2 Å². The maximum absolute atomic E-state index is 11.1. The summed E-state index contributed by atoms with van der Waals surface area (Å²) < 4.78 is 0. The molecule has 0 spiro atoms. The Bertz CT molecular complexity index is 389. The summed E-state index contributed by atoms with van der Waals surface area (Å²) in [5, 5.41) is 21.5. The molecule has 1 rings (SSSR count). The summed E-state index contributed by atoms with van der Waals surface area (Å²) in [4.78, 5) is 11.1. The predicted molar refractivity (Wildman–Crippen MR) is 75.4 cm³/mol. The van der Waals surface area contributed by atoms with Crippen LogP contribution in [0.15, 0.2) is 24.3 Å². The fraction of sp³-hybridized carbons (Fsp3) is 0.533. The van der Waals surface area contributed by atoms with Gasteiger partial charge in [-0.15, -0.1) is 0 Å². The molecule has 3 N–H and O–H groups in total. The van der Waals surface area contributed by atoms with Crippen LogP contribution in [0.3, 0.4) is 0 Å². The van der Waals surface area contributed by atoms with Crippen LogP contribution in [0.5, 0.6) is 5.75 Å². The highest BCUT2D eigenvalue weighted by Crippen LogP contribution is 2.12. The second kappa shape index (κ2) is 7.79. The number of carboxylic acid groups (broad SMARTS) is 1. The minimum absolute atomic E-state index is 0.0856. The largest absolute Gasteiger partial charge is 0.508 e. The van der Waals surface area contributed by atoms with Crippen molar-refractivity contribution in [2.75, 3.05) is 0 Å². The van der Waals surface area contributed by atoms with Crippen molar-refractivity contribution in [3.63, 3.8) is 0 Å². The first-order chi connectivity index (χ1) is 9.02.